The number of fused-ring (bicyclic) bond motifs is 3. The Kier molecular flexibility index (Phi) is 3.78. The van der Waals surface area contributed by atoms with Gasteiger partial charge in [0.05, 0.1) is 0 Å². The monoisotopic (exact) mass is 336 g/mol. The molecule has 3 unspecified atom stereocenters. The smallest absolute Gasteiger partial charge is 0.00495 e. The molecule has 0 heteroatoms. The summed E-state index contributed by atoms with van der Waals surface area (Å²) < 4.78 is 0. The Labute approximate surface area is 156 Å². The van der Waals surface area contributed by atoms with Gasteiger partial charge in [0, 0.05) is 0 Å². The highest BCUT2D eigenvalue weighted by atomic mass is 14.4. The molecule has 0 nitrogen and oxygen atoms in total. The molecule has 26 heavy (non-hydrogen) atoms. The maximum atomic E-state index is 2.59. The molecule has 0 amide bonds. The second-order valence-electron chi connectivity index (χ2n) is 7.87. The summed E-state index contributed by atoms with van der Waals surface area (Å²) in [6.07, 6.45) is 4.90. The highest BCUT2D eigenvalue weighted by Crippen LogP contribution is 2.53. The predicted octanol–water partition coefficient (Wildman–Crippen LogP) is 6.52. The zero-order chi connectivity index (χ0) is 17.5. The molecule has 0 heterocycles. The third kappa shape index (κ3) is 2.61. The molecule has 0 radical (unpaired) electrons. The molecule has 5 rings (SSSR count). The topological polar surface area (TPSA) is 0 Å². The van der Waals surface area contributed by atoms with Crippen molar-refractivity contribution in [3.05, 3.63) is 113 Å². The molecule has 0 spiro atoms. The third-order valence-electron chi connectivity index (χ3n) is 6.27. The maximum Gasteiger partial charge on any atom is -0.00495 e. The van der Waals surface area contributed by atoms with Crippen LogP contribution in [0.3, 0.4) is 0 Å². The van der Waals surface area contributed by atoms with Crippen molar-refractivity contribution in [3.63, 3.8) is 0 Å². The third-order valence-corrected chi connectivity index (χ3v) is 6.27. The van der Waals surface area contributed by atoms with Crippen LogP contribution in [0, 0.1) is 12.8 Å². The Morgan fingerprint density at radius 2 is 1.54 bits per heavy atom. The SMILES string of the molecule is Cc1cccc(C2Cc3ccccc3C3CC(c4ccccc4)=CC23)c1. The normalized spacial score (nSPS) is 23.9. The molecule has 3 aromatic carbocycles. The second kappa shape index (κ2) is 6.29. The van der Waals surface area contributed by atoms with E-state index in [9.17, 15) is 0 Å². The standard InChI is InChI=1S/C26H24/c1-18-8-7-12-20(14-18)24-15-21-11-5-6-13-23(21)25-16-22(17-26(24)25)19-9-3-2-4-10-19/h2-14,17,24-26H,15-16H2,1H3. The first kappa shape index (κ1) is 15.6. The van der Waals surface area contributed by atoms with Crippen LogP contribution in [0.4, 0.5) is 0 Å². The van der Waals surface area contributed by atoms with Crippen molar-refractivity contribution in [2.75, 3.05) is 0 Å². The van der Waals surface area contributed by atoms with Gasteiger partial charge in [-0.2, -0.15) is 0 Å². The Bertz CT molecular complexity index is 964. The lowest BCUT2D eigenvalue weighted by atomic mass is 9.68. The van der Waals surface area contributed by atoms with Crippen LogP contribution in [0.2, 0.25) is 0 Å². The first-order valence-electron chi connectivity index (χ1n) is 9.70. The van der Waals surface area contributed by atoms with Crippen LogP contribution in [0.1, 0.15) is 46.1 Å². The maximum absolute atomic E-state index is 2.59. The van der Waals surface area contributed by atoms with Crippen LogP contribution in [0.25, 0.3) is 5.57 Å². The van der Waals surface area contributed by atoms with Crippen molar-refractivity contribution in [1.82, 2.24) is 0 Å². The highest BCUT2D eigenvalue weighted by Gasteiger charge is 2.40. The lowest BCUT2D eigenvalue weighted by Gasteiger charge is -2.36. The average Bonchev–Trinajstić information content (AvgIpc) is 3.14. The zero-order valence-electron chi connectivity index (χ0n) is 15.2. The van der Waals surface area contributed by atoms with Crippen LogP contribution < -0.4 is 0 Å². The van der Waals surface area contributed by atoms with E-state index in [-0.39, 0.29) is 0 Å². The average molecular weight is 336 g/mol. The van der Waals surface area contributed by atoms with Gasteiger partial charge in [0.25, 0.3) is 0 Å². The molecule has 0 N–H and O–H groups in total. The van der Waals surface area contributed by atoms with Crippen LogP contribution in [0.15, 0.2) is 84.9 Å². The minimum atomic E-state index is 0.580. The Balaban J connectivity index is 1.61. The first-order chi connectivity index (χ1) is 12.8. The summed E-state index contributed by atoms with van der Waals surface area (Å²) in [5.41, 5.74) is 8.90. The van der Waals surface area contributed by atoms with Gasteiger partial charge in [-0.25, -0.2) is 0 Å². The molecule has 2 aliphatic rings. The Morgan fingerprint density at radius 3 is 2.38 bits per heavy atom. The lowest BCUT2D eigenvalue weighted by Crippen LogP contribution is -2.24. The quantitative estimate of drug-likeness (QED) is 0.499. The number of aryl methyl sites for hydroxylation is 1. The number of rotatable bonds is 2. The minimum Gasteiger partial charge on any atom is -0.0763 e. The fraction of sp³-hybridized carbons (Fsp3) is 0.231. The summed E-state index contributed by atoms with van der Waals surface area (Å²) in [5, 5.41) is 0. The van der Waals surface area contributed by atoms with Gasteiger partial charge in [0.2, 0.25) is 0 Å². The zero-order valence-corrected chi connectivity index (χ0v) is 15.2. The van der Waals surface area contributed by atoms with E-state index in [0.717, 1.165) is 12.8 Å². The second-order valence-corrected chi connectivity index (χ2v) is 7.87. The van der Waals surface area contributed by atoms with Crippen LogP contribution in [0.5, 0.6) is 0 Å². The number of hydrogen-bond donors (Lipinski definition) is 0. The van der Waals surface area contributed by atoms with Gasteiger partial charge >= 0.3 is 0 Å². The van der Waals surface area contributed by atoms with E-state index < -0.39 is 0 Å². The first-order valence-corrected chi connectivity index (χ1v) is 9.70. The number of hydrogen-bond acceptors (Lipinski definition) is 0. The highest BCUT2D eigenvalue weighted by molar-refractivity contribution is 5.70. The van der Waals surface area contributed by atoms with Crippen LogP contribution in [-0.2, 0) is 6.42 Å². The molecule has 3 aromatic rings. The van der Waals surface area contributed by atoms with Crippen molar-refractivity contribution in [2.24, 2.45) is 5.92 Å². The van der Waals surface area contributed by atoms with Gasteiger partial charge < -0.3 is 0 Å². The summed E-state index contributed by atoms with van der Waals surface area (Å²) in [6.45, 7) is 2.21. The summed E-state index contributed by atoms with van der Waals surface area (Å²) >= 11 is 0. The fourth-order valence-corrected chi connectivity index (χ4v) is 5.07. The number of allylic oxidation sites excluding steroid dienone is 2. The van der Waals surface area contributed by atoms with Gasteiger partial charge in [-0.15, -0.1) is 0 Å². The van der Waals surface area contributed by atoms with Crippen molar-refractivity contribution in [1.29, 1.82) is 0 Å². The van der Waals surface area contributed by atoms with Crippen molar-refractivity contribution >= 4 is 5.57 Å². The van der Waals surface area contributed by atoms with E-state index in [1.807, 2.05) is 0 Å². The summed E-state index contributed by atoms with van der Waals surface area (Å²) in [5.74, 6) is 1.79. The van der Waals surface area contributed by atoms with Crippen molar-refractivity contribution < 1.29 is 0 Å². The summed E-state index contributed by atoms with van der Waals surface area (Å²) in [4.78, 5) is 0. The van der Waals surface area contributed by atoms with Gasteiger partial charge in [0.1, 0.15) is 0 Å². The van der Waals surface area contributed by atoms with E-state index in [1.54, 1.807) is 11.1 Å². The largest absolute Gasteiger partial charge is 0.0763 e. The molecule has 0 bridgehead atoms. The molecule has 128 valence electrons. The molecule has 0 fully saturated rings. The summed E-state index contributed by atoms with van der Waals surface area (Å²) in [7, 11) is 0. The van der Waals surface area contributed by atoms with Crippen molar-refractivity contribution in [2.45, 2.75) is 31.6 Å². The summed E-state index contributed by atoms with van der Waals surface area (Å²) in [6, 6.07) is 29.2. The molecule has 0 aromatic heterocycles. The van der Waals surface area contributed by atoms with Gasteiger partial charge in [-0.05, 0) is 65.3 Å². The Morgan fingerprint density at radius 1 is 0.731 bits per heavy atom. The van der Waals surface area contributed by atoms with E-state index in [0.29, 0.717) is 17.8 Å². The Hall–Kier alpha value is -2.60. The van der Waals surface area contributed by atoms with Crippen LogP contribution in [-0.4, -0.2) is 0 Å². The van der Waals surface area contributed by atoms with E-state index in [4.69, 9.17) is 0 Å². The van der Waals surface area contributed by atoms with Crippen molar-refractivity contribution in [3.8, 4) is 0 Å². The molecular weight excluding hydrogens is 312 g/mol. The van der Waals surface area contributed by atoms with Gasteiger partial charge in [0.15, 0.2) is 0 Å². The minimum absolute atomic E-state index is 0.580. The lowest BCUT2D eigenvalue weighted by molar-refractivity contribution is 0.412. The van der Waals surface area contributed by atoms with E-state index in [2.05, 4.69) is 91.9 Å². The van der Waals surface area contributed by atoms with Gasteiger partial charge in [-0.1, -0.05) is 90.5 Å². The predicted molar refractivity (Wildman–Crippen MR) is 109 cm³/mol. The molecular formula is C26H24. The fourth-order valence-electron chi connectivity index (χ4n) is 5.07. The molecule has 2 aliphatic carbocycles. The molecule has 0 aliphatic heterocycles. The molecule has 3 atom stereocenters. The van der Waals surface area contributed by atoms with Gasteiger partial charge in [-0.3, -0.25) is 0 Å². The van der Waals surface area contributed by atoms with E-state index in [1.165, 1.54) is 22.3 Å². The van der Waals surface area contributed by atoms with Crippen LogP contribution >= 0.6 is 0 Å². The molecule has 0 saturated heterocycles. The molecule has 0 saturated carbocycles. The number of benzene rings is 3. The van der Waals surface area contributed by atoms with E-state index >= 15 is 0 Å².